The number of anilines is 2. The predicted molar refractivity (Wildman–Crippen MR) is 86.2 cm³/mol. The molecule has 3 heterocycles. The van der Waals surface area contributed by atoms with Crippen LogP contribution in [0.15, 0.2) is 12.1 Å². The second kappa shape index (κ2) is 6.80. The Morgan fingerprint density at radius 3 is 2.52 bits per heavy atom. The number of piperidine rings is 1. The SMILES string of the molecule is CC(C)CC(=O)Nc1ccc(N2CCC3(CC2)OCCO3)nn1. The van der Waals surface area contributed by atoms with Crippen molar-refractivity contribution in [3.05, 3.63) is 12.1 Å². The molecule has 1 aromatic rings. The van der Waals surface area contributed by atoms with E-state index in [1.54, 1.807) is 6.07 Å². The molecule has 0 aromatic carbocycles. The molecule has 1 N–H and O–H groups in total. The Morgan fingerprint density at radius 2 is 1.96 bits per heavy atom. The molecule has 0 aliphatic carbocycles. The number of nitrogens with zero attached hydrogens (tertiary/aromatic N) is 3. The lowest BCUT2D eigenvalue weighted by Gasteiger charge is -2.37. The number of aromatic nitrogens is 2. The molecule has 3 rings (SSSR count). The van der Waals surface area contributed by atoms with Crippen molar-refractivity contribution in [2.24, 2.45) is 5.92 Å². The molecule has 7 heteroatoms. The van der Waals surface area contributed by atoms with E-state index in [2.05, 4.69) is 20.4 Å². The second-order valence-corrected chi connectivity index (χ2v) is 6.52. The number of amides is 1. The van der Waals surface area contributed by atoms with E-state index in [0.29, 0.717) is 31.4 Å². The molecule has 2 aliphatic heterocycles. The van der Waals surface area contributed by atoms with Crippen molar-refractivity contribution in [1.82, 2.24) is 10.2 Å². The number of hydrogen-bond acceptors (Lipinski definition) is 6. The third kappa shape index (κ3) is 3.97. The fourth-order valence-electron chi connectivity index (χ4n) is 2.99. The smallest absolute Gasteiger partial charge is 0.225 e. The maximum atomic E-state index is 11.7. The fraction of sp³-hybridized carbons (Fsp3) is 0.688. The van der Waals surface area contributed by atoms with E-state index in [9.17, 15) is 4.79 Å². The van der Waals surface area contributed by atoms with Crippen LogP contribution in [0.4, 0.5) is 11.6 Å². The van der Waals surface area contributed by atoms with Crippen LogP contribution in [0.3, 0.4) is 0 Å². The number of carbonyl (C=O) groups excluding carboxylic acids is 1. The molecule has 1 spiro atoms. The third-order valence-electron chi connectivity index (χ3n) is 4.17. The van der Waals surface area contributed by atoms with Gasteiger partial charge in [0, 0.05) is 32.4 Å². The van der Waals surface area contributed by atoms with Crippen LogP contribution in [0.2, 0.25) is 0 Å². The summed E-state index contributed by atoms with van der Waals surface area (Å²) in [5.41, 5.74) is 0. The van der Waals surface area contributed by atoms with Gasteiger partial charge in [0.2, 0.25) is 5.91 Å². The van der Waals surface area contributed by atoms with Gasteiger partial charge in [-0.3, -0.25) is 4.79 Å². The van der Waals surface area contributed by atoms with Crippen molar-refractivity contribution in [3.63, 3.8) is 0 Å². The summed E-state index contributed by atoms with van der Waals surface area (Å²) in [7, 11) is 0. The van der Waals surface area contributed by atoms with Gasteiger partial charge in [-0.25, -0.2) is 0 Å². The largest absolute Gasteiger partial charge is 0.355 e. The van der Waals surface area contributed by atoms with E-state index in [-0.39, 0.29) is 11.7 Å². The summed E-state index contributed by atoms with van der Waals surface area (Å²) >= 11 is 0. The van der Waals surface area contributed by atoms with Gasteiger partial charge in [0.05, 0.1) is 13.2 Å². The molecule has 2 fully saturated rings. The van der Waals surface area contributed by atoms with Crippen molar-refractivity contribution < 1.29 is 14.3 Å². The highest BCUT2D eigenvalue weighted by atomic mass is 16.7. The molecule has 126 valence electrons. The number of nitrogens with one attached hydrogen (secondary N) is 1. The molecule has 0 unspecified atom stereocenters. The zero-order valence-corrected chi connectivity index (χ0v) is 13.7. The lowest BCUT2D eigenvalue weighted by molar-refractivity contribution is -0.169. The van der Waals surface area contributed by atoms with Gasteiger partial charge >= 0.3 is 0 Å². The first-order chi connectivity index (χ1) is 11.1. The summed E-state index contributed by atoms with van der Waals surface area (Å²) in [6.45, 7) is 7.04. The molecular weight excluding hydrogens is 296 g/mol. The van der Waals surface area contributed by atoms with Crippen molar-refractivity contribution in [2.75, 3.05) is 36.5 Å². The summed E-state index contributed by atoms with van der Waals surface area (Å²) in [6.07, 6.45) is 2.15. The van der Waals surface area contributed by atoms with Crippen molar-refractivity contribution in [2.45, 2.75) is 38.9 Å². The van der Waals surface area contributed by atoms with E-state index in [0.717, 1.165) is 31.7 Å². The number of hydrogen-bond donors (Lipinski definition) is 1. The van der Waals surface area contributed by atoms with Gasteiger partial charge in [0.1, 0.15) is 0 Å². The average Bonchev–Trinajstić information content (AvgIpc) is 2.96. The first kappa shape index (κ1) is 16.1. The van der Waals surface area contributed by atoms with Crippen LogP contribution >= 0.6 is 0 Å². The van der Waals surface area contributed by atoms with Gasteiger partial charge in [0.25, 0.3) is 0 Å². The highest BCUT2D eigenvalue weighted by Crippen LogP contribution is 2.32. The minimum absolute atomic E-state index is 0.0301. The quantitative estimate of drug-likeness (QED) is 0.912. The van der Waals surface area contributed by atoms with Crippen LogP contribution in [-0.2, 0) is 14.3 Å². The highest BCUT2D eigenvalue weighted by Gasteiger charge is 2.40. The number of rotatable bonds is 4. The normalized spacial score (nSPS) is 20.2. The molecule has 23 heavy (non-hydrogen) atoms. The van der Waals surface area contributed by atoms with Gasteiger partial charge in [-0.1, -0.05) is 13.8 Å². The van der Waals surface area contributed by atoms with E-state index in [1.165, 1.54) is 0 Å². The summed E-state index contributed by atoms with van der Waals surface area (Å²) in [6, 6.07) is 3.69. The first-order valence-corrected chi connectivity index (χ1v) is 8.23. The summed E-state index contributed by atoms with van der Waals surface area (Å²) in [5, 5.41) is 11.1. The standard InChI is InChI=1S/C16H24N4O3/c1-12(2)11-15(21)17-13-3-4-14(19-18-13)20-7-5-16(6-8-20)22-9-10-23-16/h3-4,12H,5-11H2,1-2H3,(H,17,18,21). The van der Waals surface area contributed by atoms with E-state index in [4.69, 9.17) is 9.47 Å². The predicted octanol–water partition coefficient (Wildman–Crippen LogP) is 1.80. The molecule has 0 saturated carbocycles. The van der Waals surface area contributed by atoms with E-state index in [1.807, 2.05) is 19.9 Å². The van der Waals surface area contributed by atoms with Gasteiger partial charge in [-0.2, -0.15) is 0 Å². The molecule has 1 amide bonds. The van der Waals surface area contributed by atoms with Gasteiger partial charge in [-0.05, 0) is 18.1 Å². The maximum absolute atomic E-state index is 11.7. The Balaban J connectivity index is 1.54. The van der Waals surface area contributed by atoms with Crippen LogP contribution in [0.25, 0.3) is 0 Å². The lowest BCUT2D eigenvalue weighted by Crippen LogP contribution is -2.45. The summed E-state index contributed by atoms with van der Waals surface area (Å²) in [5.74, 6) is 1.23. The number of ether oxygens (including phenoxy) is 2. The third-order valence-corrected chi connectivity index (χ3v) is 4.17. The minimum atomic E-state index is -0.380. The van der Waals surface area contributed by atoms with Crippen LogP contribution in [-0.4, -0.2) is 48.2 Å². The van der Waals surface area contributed by atoms with Gasteiger partial charge in [0.15, 0.2) is 17.4 Å². The van der Waals surface area contributed by atoms with E-state index < -0.39 is 0 Å². The molecule has 0 atom stereocenters. The molecule has 2 saturated heterocycles. The van der Waals surface area contributed by atoms with Crippen molar-refractivity contribution in [1.29, 1.82) is 0 Å². The number of carbonyl (C=O) groups is 1. The Morgan fingerprint density at radius 1 is 1.26 bits per heavy atom. The molecule has 1 aromatic heterocycles. The van der Waals surface area contributed by atoms with Crippen LogP contribution in [0.5, 0.6) is 0 Å². The van der Waals surface area contributed by atoms with Crippen LogP contribution < -0.4 is 10.2 Å². The Labute approximate surface area is 136 Å². The van der Waals surface area contributed by atoms with Crippen molar-refractivity contribution in [3.8, 4) is 0 Å². The van der Waals surface area contributed by atoms with E-state index >= 15 is 0 Å². The lowest BCUT2D eigenvalue weighted by atomic mass is 10.0. The van der Waals surface area contributed by atoms with Gasteiger partial charge < -0.3 is 19.7 Å². The minimum Gasteiger partial charge on any atom is -0.355 e. The Bertz CT molecular complexity index is 531. The van der Waals surface area contributed by atoms with Crippen molar-refractivity contribution >= 4 is 17.5 Å². The Hall–Kier alpha value is -1.73. The summed E-state index contributed by atoms with van der Waals surface area (Å²) in [4.78, 5) is 13.9. The topological polar surface area (TPSA) is 76.6 Å². The molecular formula is C16H24N4O3. The molecule has 0 radical (unpaired) electrons. The second-order valence-electron chi connectivity index (χ2n) is 6.52. The first-order valence-electron chi connectivity index (χ1n) is 8.23. The summed E-state index contributed by atoms with van der Waals surface area (Å²) < 4.78 is 11.5. The van der Waals surface area contributed by atoms with Crippen LogP contribution in [0.1, 0.15) is 33.1 Å². The zero-order chi connectivity index (χ0) is 16.3. The fourth-order valence-corrected chi connectivity index (χ4v) is 2.99. The molecule has 0 bridgehead atoms. The highest BCUT2D eigenvalue weighted by molar-refractivity contribution is 5.89. The molecule has 2 aliphatic rings. The Kier molecular flexibility index (Phi) is 4.77. The zero-order valence-electron chi connectivity index (χ0n) is 13.7. The molecule has 7 nitrogen and oxygen atoms in total. The average molecular weight is 320 g/mol. The van der Waals surface area contributed by atoms with Gasteiger partial charge in [-0.15, -0.1) is 10.2 Å². The maximum Gasteiger partial charge on any atom is 0.225 e. The monoisotopic (exact) mass is 320 g/mol. The van der Waals surface area contributed by atoms with Crippen LogP contribution in [0, 0.1) is 5.92 Å².